The summed E-state index contributed by atoms with van der Waals surface area (Å²) in [7, 11) is 0. The molecule has 154 valence electrons. The molecular formula is C23H24N4OS2. The zero-order valence-corrected chi connectivity index (χ0v) is 18.6. The predicted molar refractivity (Wildman–Crippen MR) is 126 cm³/mol. The minimum absolute atomic E-state index is 0.0131. The van der Waals surface area contributed by atoms with Crippen LogP contribution in [-0.4, -0.2) is 27.4 Å². The van der Waals surface area contributed by atoms with Crippen LogP contribution in [0.15, 0.2) is 60.1 Å². The number of thiocarbonyl (C=S) groups is 1. The van der Waals surface area contributed by atoms with Gasteiger partial charge in [0.1, 0.15) is 0 Å². The monoisotopic (exact) mass is 436 g/mol. The van der Waals surface area contributed by atoms with Gasteiger partial charge in [-0.1, -0.05) is 18.2 Å². The first kappa shape index (κ1) is 20.5. The third-order valence-electron chi connectivity index (χ3n) is 5.25. The normalized spacial score (nSPS) is 18.3. The smallest absolute Gasteiger partial charge is 0.226 e. The van der Waals surface area contributed by atoms with Crippen molar-refractivity contribution in [2.45, 2.75) is 32.4 Å². The Morgan fingerprint density at radius 3 is 2.80 bits per heavy atom. The summed E-state index contributed by atoms with van der Waals surface area (Å²) in [5, 5.41) is 9.18. The number of carbonyl (C=O) groups excluding carboxylic acids is 1. The molecule has 3 heterocycles. The number of rotatable bonds is 6. The Kier molecular flexibility index (Phi) is 6.11. The van der Waals surface area contributed by atoms with Crippen LogP contribution < -0.4 is 10.6 Å². The molecule has 0 saturated carbocycles. The van der Waals surface area contributed by atoms with Crippen LogP contribution >= 0.6 is 23.6 Å². The van der Waals surface area contributed by atoms with Gasteiger partial charge in [-0.3, -0.25) is 9.78 Å². The Hall–Kier alpha value is -2.77. The second-order valence-electron chi connectivity index (χ2n) is 7.46. The molecule has 2 atom stereocenters. The molecule has 1 saturated heterocycles. The predicted octanol–water partition coefficient (Wildman–Crippen LogP) is 4.76. The molecule has 7 heteroatoms. The molecule has 5 nitrogen and oxygen atoms in total. The van der Waals surface area contributed by atoms with Crippen molar-refractivity contribution in [3.05, 3.63) is 81.8 Å². The molecule has 30 heavy (non-hydrogen) atoms. The maximum atomic E-state index is 12.6. The van der Waals surface area contributed by atoms with E-state index in [2.05, 4.69) is 38.9 Å². The van der Waals surface area contributed by atoms with Gasteiger partial charge in [0.15, 0.2) is 5.11 Å². The molecule has 1 aromatic carbocycles. The van der Waals surface area contributed by atoms with Crippen molar-refractivity contribution >= 4 is 40.3 Å². The van der Waals surface area contributed by atoms with Crippen molar-refractivity contribution in [2.75, 3.05) is 11.9 Å². The number of aryl methyl sites for hydroxylation is 2. The van der Waals surface area contributed by atoms with E-state index in [1.165, 1.54) is 10.4 Å². The quantitative estimate of drug-likeness (QED) is 0.546. The van der Waals surface area contributed by atoms with E-state index in [1.807, 2.05) is 49.4 Å². The number of benzene rings is 1. The highest BCUT2D eigenvalue weighted by Crippen LogP contribution is 2.41. The van der Waals surface area contributed by atoms with Crippen molar-refractivity contribution in [3.63, 3.8) is 0 Å². The second-order valence-corrected chi connectivity index (χ2v) is 8.79. The van der Waals surface area contributed by atoms with Crippen LogP contribution in [0.4, 0.5) is 5.69 Å². The number of amides is 1. The van der Waals surface area contributed by atoms with Gasteiger partial charge >= 0.3 is 0 Å². The van der Waals surface area contributed by atoms with Crippen LogP contribution in [-0.2, 0) is 4.79 Å². The number of aromatic nitrogens is 1. The minimum Gasteiger partial charge on any atom is -0.352 e. The van der Waals surface area contributed by atoms with Gasteiger partial charge in [0.2, 0.25) is 5.91 Å². The fraction of sp³-hybridized carbons (Fsp3) is 0.261. The van der Waals surface area contributed by atoms with Gasteiger partial charge in [-0.05, 0) is 72.9 Å². The van der Waals surface area contributed by atoms with Crippen molar-refractivity contribution in [1.29, 1.82) is 0 Å². The molecule has 0 aliphatic carbocycles. The number of carbonyl (C=O) groups is 1. The number of nitrogens with zero attached hydrogens (tertiary/aromatic N) is 2. The lowest BCUT2D eigenvalue weighted by molar-refractivity contribution is -0.116. The summed E-state index contributed by atoms with van der Waals surface area (Å²) in [5.41, 5.74) is 4.11. The van der Waals surface area contributed by atoms with Crippen molar-refractivity contribution in [2.24, 2.45) is 0 Å². The lowest BCUT2D eigenvalue weighted by Crippen LogP contribution is -2.32. The fourth-order valence-electron chi connectivity index (χ4n) is 3.79. The molecule has 1 amide bonds. The van der Waals surface area contributed by atoms with Gasteiger partial charge < -0.3 is 15.5 Å². The lowest BCUT2D eigenvalue weighted by atomic mass is 10.0. The third kappa shape index (κ3) is 4.37. The number of hydrogen-bond donors (Lipinski definition) is 2. The average molecular weight is 437 g/mol. The number of anilines is 1. The molecule has 3 aromatic rings. The van der Waals surface area contributed by atoms with Crippen molar-refractivity contribution in [1.82, 2.24) is 15.2 Å². The number of hydrogen-bond acceptors (Lipinski definition) is 4. The van der Waals surface area contributed by atoms with Gasteiger partial charge in [0.05, 0.1) is 17.8 Å². The molecule has 2 aromatic heterocycles. The molecule has 0 spiro atoms. The molecule has 1 aliphatic rings. The SMILES string of the molecule is Cc1cccc(NC(=O)CCN2C(=S)NC(c3ccccn3)C2c2sccc2C)c1. The summed E-state index contributed by atoms with van der Waals surface area (Å²) in [6.07, 6.45) is 2.15. The summed E-state index contributed by atoms with van der Waals surface area (Å²) in [6.45, 7) is 4.66. The molecule has 1 aliphatic heterocycles. The number of nitrogens with one attached hydrogen (secondary N) is 2. The highest BCUT2D eigenvalue weighted by molar-refractivity contribution is 7.80. The molecule has 2 unspecified atom stereocenters. The van der Waals surface area contributed by atoms with Crippen molar-refractivity contribution < 1.29 is 4.79 Å². The first-order valence-corrected chi connectivity index (χ1v) is 11.2. The maximum absolute atomic E-state index is 12.6. The van der Waals surface area contributed by atoms with Gasteiger partial charge in [-0.25, -0.2) is 0 Å². The third-order valence-corrected chi connectivity index (χ3v) is 6.69. The molecular weight excluding hydrogens is 412 g/mol. The fourth-order valence-corrected chi connectivity index (χ4v) is 5.19. The van der Waals surface area contributed by atoms with Crippen molar-refractivity contribution in [3.8, 4) is 0 Å². The summed E-state index contributed by atoms with van der Waals surface area (Å²) >= 11 is 7.39. The molecule has 4 rings (SSSR count). The zero-order chi connectivity index (χ0) is 21.1. The molecule has 1 fully saturated rings. The Morgan fingerprint density at radius 1 is 1.23 bits per heavy atom. The first-order chi connectivity index (χ1) is 14.5. The maximum Gasteiger partial charge on any atom is 0.226 e. The van der Waals surface area contributed by atoms with E-state index in [0.717, 1.165) is 16.9 Å². The Bertz CT molecular complexity index is 1050. The Morgan fingerprint density at radius 2 is 2.10 bits per heavy atom. The summed E-state index contributed by atoms with van der Waals surface area (Å²) in [4.78, 5) is 20.5. The summed E-state index contributed by atoms with van der Waals surface area (Å²) < 4.78 is 0. The Labute approximate surface area is 186 Å². The highest BCUT2D eigenvalue weighted by Gasteiger charge is 2.40. The minimum atomic E-state index is -0.0455. The van der Waals surface area contributed by atoms with Gasteiger partial charge in [0.25, 0.3) is 0 Å². The number of thiophene rings is 1. The van der Waals surface area contributed by atoms with Gasteiger partial charge in [0, 0.05) is 29.7 Å². The molecule has 2 N–H and O–H groups in total. The topological polar surface area (TPSA) is 57.3 Å². The molecule has 0 bridgehead atoms. The van der Waals surface area contributed by atoms with Crippen LogP contribution in [0, 0.1) is 13.8 Å². The van der Waals surface area contributed by atoms with Gasteiger partial charge in [-0.2, -0.15) is 0 Å². The number of pyridine rings is 1. The van der Waals surface area contributed by atoms with Crippen LogP contribution in [0.3, 0.4) is 0 Å². The van der Waals surface area contributed by atoms with E-state index in [-0.39, 0.29) is 18.0 Å². The van der Waals surface area contributed by atoms with Crippen LogP contribution in [0.25, 0.3) is 0 Å². The Balaban J connectivity index is 1.52. The average Bonchev–Trinajstić information content (AvgIpc) is 3.29. The summed E-state index contributed by atoms with van der Waals surface area (Å²) in [5.74, 6) is -0.0219. The second kappa shape index (κ2) is 8.93. The van der Waals surface area contributed by atoms with E-state index < -0.39 is 0 Å². The zero-order valence-electron chi connectivity index (χ0n) is 17.0. The van der Waals surface area contributed by atoms with E-state index in [1.54, 1.807) is 17.5 Å². The van der Waals surface area contributed by atoms with E-state index in [4.69, 9.17) is 12.2 Å². The molecule has 0 radical (unpaired) electrons. The first-order valence-electron chi connectivity index (χ1n) is 9.91. The highest BCUT2D eigenvalue weighted by atomic mass is 32.1. The lowest BCUT2D eigenvalue weighted by Gasteiger charge is -2.27. The van der Waals surface area contributed by atoms with E-state index in [9.17, 15) is 4.79 Å². The van der Waals surface area contributed by atoms with Gasteiger partial charge in [-0.15, -0.1) is 11.3 Å². The van der Waals surface area contributed by atoms with E-state index in [0.29, 0.717) is 18.1 Å². The van der Waals surface area contributed by atoms with E-state index >= 15 is 0 Å². The van der Waals surface area contributed by atoms with Crippen LogP contribution in [0.2, 0.25) is 0 Å². The summed E-state index contributed by atoms with van der Waals surface area (Å²) in [6, 6.07) is 15.8. The van der Waals surface area contributed by atoms with Crippen LogP contribution in [0.5, 0.6) is 0 Å². The van der Waals surface area contributed by atoms with Crippen LogP contribution in [0.1, 0.15) is 40.2 Å². The standard InChI is InChI=1S/C23H24N4OS2/c1-15-6-5-7-17(14-15)25-19(28)9-12-27-21(22-16(2)10-13-30-22)20(26-23(27)29)18-8-3-4-11-24-18/h3-8,10-11,13-14,20-21H,9,12H2,1-2H3,(H,25,28)(H,26,29). The largest absolute Gasteiger partial charge is 0.352 e.